The third-order valence-corrected chi connectivity index (χ3v) is 2.66. The van der Waals surface area contributed by atoms with Gasteiger partial charge in [-0.15, -0.1) is 0 Å². The molecule has 17 heavy (non-hydrogen) atoms. The fraction of sp³-hybridized carbons (Fsp3) is 0.462. The minimum absolute atomic E-state index is 0.479. The van der Waals surface area contributed by atoms with Crippen molar-refractivity contribution in [1.82, 2.24) is 0 Å². The van der Waals surface area contributed by atoms with E-state index >= 15 is 0 Å². The van der Waals surface area contributed by atoms with Crippen molar-refractivity contribution in [1.29, 1.82) is 0 Å². The summed E-state index contributed by atoms with van der Waals surface area (Å²) in [5.74, 6) is 0.357. The predicted molar refractivity (Wildman–Crippen MR) is 67.7 cm³/mol. The Morgan fingerprint density at radius 1 is 1.47 bits per heavy atom. The standard InChI is InChI=1S/C13H20N2O2/c1-10-5-3-6-11(9-10)17-8-4-7-13(2,15)12(14)16/h3,5-6,9H,4,7-8,15H2,1-2H3,(H2,14,16). The number of aryl methyl sites for hydroxylation is 1. The lowest BCUT2D eigenvalue weighted by Gasteiger charge is -2.20. The quantitative estimate of drug-likeness (QED) is 0.732. The molecule has 0 fully saturated rings. The number of hydrogen-bond donors (Lipinski definition) is 2. The number of primary amides is 1. The number of amides is 1. The molecule has 0 heterocycles. The highest BCUT2D eigenvalue weighted by atomic mass is 16.5. The molecule has 94 valence electrons. The number of rotatable bonds is 6. The van der Waals surface area contributed by atoms with Crippen LogP contribution in [0.5, 0.6) is 5.75 Å². The van der Waals surface area contributed by atoms with Crippen LogP contribution in [0.25, 0.3) is 0 Å². The summed E-state index contributed by atoms with van der Waals surface area (Å²) in [4.78, 5) is 11.0. The van der Waals surface area contributed by atoms with Gasteiger partial charge in [0.25, 0.3) is 0 Å². The molecule has 0 bridgehead atoms. The van der Waals surface area contributed by atoms with Gasteiger partial charge in [0.15, 0.2) is 0 Å². The summed E-state index contributed by atoms with van der Waals surface area (Å²) in [7, 11) is 0. The first kappa shape index (κ1) is 13.5. The summed E-state index contributed by atoms with van der Waals surface area (Å²) < 4.78 is 5.55. The predicted octanol–water partition coefficient (Wildman–Crippen LogP) is 1.36. The first-order chi connectivity index (χ1) is 7.92. The van der Waals surface area contributed by atoms with Crippen molar-refractivity contribution in [3.8, 4) is 5.75 Å². The highest BCUT2D eigenvalue weighted by Gasteiger charge is 2.24. The third kappa shape index (κ3) is 4.44. The topological polar surface area (TPSA) is 78.3 Å². The Kier molecular flexibility index (Phi) is 4.52. The van der Waals surface area contributed by atoms with Gasteiger partial charge in [0.05, 0.1) is 12.1 Å². The minimum Gasteiger partial charge on any atom is -0.494 e. The van der Waals surface area contributed by atoms with Crippen molar-refractivity contribution < 1.29 is 9.53 Å². The molecule has 1 aromatic carbocycles. The number of carbonyl (C=O) groups is 1. The molecule has 1 aromatic rings. The van der Waals surface area contributed by atoms with E-state index in [1.165, 1.54) is 0 Å². The molecule has 4 heteroatoms. The van der Waals surface area contributed by atoms with E-state index in [-0.39, 0.29) is 0 Å². The lowest BCUT2D eigenvalue weighted by Crippen LogP contribution is -2.49. The Morgan fingerprint density at radius 3 is 2.76 bits per heavy atom. The van der Waals surface area contributed by atoms with Crippen LogP contribution in [0.4, 0.5) is 0 Å². The second-order valence-electron chi connectivity index (χ2n) is 4.55. The van der Waals surface area contributed by atoms with Gasteiger partial charge in [0.2, 0.25) is 5.91 Å². The fourth-order valence-corrected chi connectivity index (χ4v) is 1.46. The smallest absolute Gasteiger partial charge is 0.237 e. The van der Waals surface area contributed by atoms with Crippen LogP contribution >= 0.6 is 0 Å². The van der Waals surface area contributed by atoms with Crippen LogP contribution in [0.2, 0.25) is 0 Å². The second kappa shape index (κ2) is 5.68. The summed E-state index contributed by atoms with van der Waals surface area (Å²) >= 11 is 0. The van der Waals surface area contributed by atoms with Crippen molar-refractivity contribution in [2.45, 2.75) is 32.2 Å². The molecule has 0 saturated heterocycles. The monoisotopic (exact) mass is 236 g/mol. The van der Waals surface area contributed by atoms with Crippen molar-refractivity contribution >= 4 is 5.91 Å². The lowest BCUT2D eigenvalue weighted by molar-refractivity contribution is -0.122. The maximum atomic E-state index is 11.0. The summed E-state index contributed by atoms with van der Waals surface area (Å²) in [6.07, 6.45) is 1.22. The van der Waals surface area contributed by atoms with Gasteiger partial charge < -0.3 is 16.2 Å². The average Bonchev–Trinajstić information content (AvgIpc) is 2.24. The summed E-state index contributed by atoms with van der Waals surface area (Å²) in [6, 6.07) is 7.83. The van der Waals surface area contributed by atoms with Gasteiger partial charge in [-0.3, -0.25) is 4.79 Å². The Morgan fingerprint density at radius 2 is 2.18 bits per heavy atom. The lowest BCUT2D eigenvalue weighted by atomic mass is 9.97. The van der Waals surface area contributed by atoms with Gasteiger partial charge in [-0.2, -0.15) is 0 Å². The average molecular weight is 236 g/mol. The van der Waals surface area contributed by atoms with E-state index in [1.807, 2.05) is 31.2 Å². The van der Waals surface area contributed by atoms with E-state index in [1.54, 1.807) is 6.92 Å². The maximum absolute atomic E-state index is 11.0. The van der Waals surface area contributed by atoms with Crippen LogP contribution < -0.4 is 16.2 Å². The number of carbonyl (C=O) groups excluding carboxylic acids is 1. The molecule has 0 aromatic heterocycles. The highest BCUT2D eigenvalue weighted by Crippen LogP contribution is 2.14. The van der Waals surface area contributed by atoms with Crippen LogP contribution in [-0.2, 0) is 4.79 Å². The van der Waals surface area contributed by atoms with E-state index in [4.69, 9.17) is 16.2 Å². The first-order valence-corrected chi connectivity index (χ1v) is 5.70. The van der Waals surface area contributed by atoms with E-state index in [2.05, 4.69) is 0 Å². The Hall–Kier alpha value is -1.55. The van der Waals surface area contributed by atoms with Crippen LogP contribution in [0.3, 0.4) is 0 Å². The molecule has 0 saturated carbocycles. The van der Waals surface area contributed by atoms with Gasteiger partial charge in [-0.05, 0) is 44.4 Å². The molecule has 1 amide bonds. The van der Waals surface area contributed by atoms with E-state index < -0.39 is 11.4 Å². The van der Waals surface area contributed by atoms with E-state index in [0.717, 1.165) is 11.3 Å². The summed E-state index contributed by atoms with van der Waals surface area (Å²) in [5, 5.41) is 0. The highest BCUT2D eigenvalue weighted by molar-refractivity contribution is 5.83. The number of benzene rings is 1. The maximum Gasteiger partial charge on any atom is 0.237 e. The first-order valence-electron chi connectivity index (χ1n) is 5.70. The largest absolute Gasteiger partial charge is 0.494 e. The fourth-order valence-electron chi connectivity index (χ4n) is 1.46. The van der Waals surface area contributed by atoms with Crippen LogP contribution in [0.15, 0.2) is 24.3 Å². The minimum atomic E-state index is -0.948. The zero-order valence-corrected chi connectivity index (χ0v) is 10.4. The Bertz CT molecular complexity index is 389. The van der Waals surface area contributed by atoms with Gasteiger partial charge in [0.1, 0.15) is 5.75 Å². The van der Waals surface area contributed by atoms with Gasteiger partial charge in [0, 0.05) is 0 Å². The molecule has 0 spiro atoms. The second-order valence-corrected chi connectivity index (χ2v) is 4.55. The molecule has 4 N–H and O–H groups in total. The number of nitrogens with two attached hydrogens (primary N) is 2. The normalized spacial score (nSPS) is 14.1. The zero-order valence-electron chi connectivity index (χ0n) is 10.4. The van der Waals surface area contributed by atoms with Crippen molar-refractivity contribution in [2.75, 3.05) is 6.61 Å². The van der Waals surface area contributed by atoms with Gasteiger partial charge in [-0.1, -0.05) is 12.1 Å². The molecule has 0 aliphatic rings. The molecule has 4 nitrogen and oxygen atoms in total. The van der Waals surface area contributed by atoms with Crippen molar-refractivity contribution in [3.05, 3.63) is 29.8 Å². The summed E-state index contributed by atoms with van der Waals surface area (Å²) in [6.45, 7) is 4.18. The van der Waals surface area contributed by atoms with E-state index in [9.17, 15) is 4.79 Å². The van der Waals surface area contributed by atoms with Crippen LogP contribution in [-0.4, -0.2) is 18.1 Å². The number of ether oxygens (including phenoxy) is 1. The molecule has 0 aliphatic carbocycles. The SMILES string of the molecule is Cc1cccc(OCCCC(C)(N)C(N)=O)c1. The van der Waals surface area contributed by atoms with E-state index in [0.29, 0.717) is 19.4 Å². The van der Waals surface area contributed by atoms with Crippen molar-refractivity contribution in [3.63, 3.8) is 0 Å². The Labute approximate surface area is 102 Å². The molecule has 0 radical (unpaired) electrons. The molecule has 1 unspecified atom stereocenters. The molecule has 1 atom stereocenters. The molecule has 1 rings (SSSR count). The van der Waals surface area contributed by atoms with Crippen molar-refractivity contribution in [2.24, 2.45) is 11.5 Å². The van der Waals surface area contributed by atoms with Crippen LogP contribution in [0, 0.1) is 6.92 Å². The number of hydrogen-bond acceptors (Lipinski definition) is 3. The Balaban J connectivity index is 2.32. The van der Waals surface area contributed by atoms with Gasteiger partial charge >= 0.3 is 0 Å². The third-order valence-electron chi connectivity index (χ3n) is 2.66. The van der Waals surface area contributed by atoms with Crippen LogP contribution in [0.1, 0.15) is 25.3 Å². The zero-order chi connectivity index (χ0) is 12.9. The molecule has 0 aliphatic heterocycles. The summed E-state index contributed by atoms with van der Waals surface area (Å²) in [5.41, 5.74) is 11.1. The molecular weight excluding hydrogens is 216 g/mol. The van der Waals surface area contributed by atoms with Gasteiger partial charge in [-0.25, -0.2) is 0 Å². The molecular formula is C13H20N2O2.